The molecule has 1 amide bonds. The number of amides is 1. The fourth-order valence-corrected chi connectivity index (χ4v) is 2.81. The van der Waals surface area contributed by atoms with E-state index < -0.39 is 0 Å². The summed E-state index contributed by atoms with van der Waals surface area (Å²) in [5.74, 6) is 0.496. The first-order valence-electron chi connectivity index (χ1n) is 6.33. The molecule has 0 bridgehead atoms. The predicted molar refractivity (Wildman–Crippen MR) is 70.1 cm³/mol. The summed E-state index contributed by atoms with van der Waals surface area (Å²) in [5.41, 5.74) is 5.79. The van der Waals surface area contributed by atoms with Gasteiger partial charge in [0.25, 0.3) is 0 Å². The van der Waals surface area contributed by atoms with Gasteiger partial charge in [0.1, 0.15) is 0 Å². The SMILES string of the molecule is CC(C)(C)C(CCCCC(N)=O)C(C)(C)C. The van der Waals surface area contributed by atoms with Crippen LogP contribution in [0.2, 0.25) is 0 Å². The molecule has 0 fully saturated rings. The molecule has 0 atom stereocenters. The Kier molecular flexibility index (Phi) is 5.51. The number of primary amides is 1. The zero-order valence-corrected chi connectivity index (χ0v) is 11.9. The van der Waals surface area contributed by atoms with Gasteiger partial charge in [0.2, 0.25) is 5.91 Å². The van der Waals surface area contributed by atoms with E-state index in [4.69, 9.17) is 5.73 Å². The molecular formula is C14H29NO. The minimum atomic E-state index is -0.178. The molecular weight excluding hydrogens is 198 g/mol. The van der Waals surface area contributed by atoms with Crippen LogP contribution in [0.25, 0.3) is 0 Å². The van der Waals surface area contributed by atoms with Gasteiger partial charge >= 0.3 is 0 Å². The average Bonchev–Trinajstić information content (AvgIpc) is 1.97. The highest BCUT2D eigenvalue weighted by molar-refractivity contribution is 5.73. The molecule has 0 spiro atoms. The first kappa shape index (κ1) is 15.5. The number of hydrogen-bond donors (Lipinski definition) is 1. The predicted octanol–water partition coefficient (Wildman–Crippen LogP) is 3.74. The van der Waals surface area contributed by atoms with Crippen LogP contribution in [0.5, 0.6) is 0 Å². The van der Waals surface area contributed by atoms with Crippen LogP contribution in [0.1, 0.15) is 67.2 Å². The van der Waals surface area contributed by atoms with Gasteiger partial charge < -0.3 is 5.73 Å². The highest BCUT2D eigenvalue weighted by Gasteiger charge is 2.33. The smallest absolute Gasteiger partial charge is 0.217 e. The third-order valence-electron chi connectivity index (χ3n) is 3.26. The molecule has 2 N–H and O–H groups in total. The van der Waals surface area contributed by atoms with Gasteiger partial charge in [0.15, 0.2) is 0 Å². The van der Waals surface area contributed by atoms with Crippen LogP contribution in [0.15, 0.2) is 0 Å². The van der Waals surface area contributed by atoms with Crippen molar-refractivity contribution in [2.24, 2.45) is 22.5 Å². The second-order valence-corrected chi connectivity index (χ2v) is 7.00. The third kappa shape index (κ3) is 6.14. The van der Waals surface area contributed by atoms with Gasteiger partial charge in [-0.05, 0) is 29.6 Å². The molecule has 0 aliphatic heterocycles. The van der Waals surface area contributed by atoms with Gasteiger partial charge in [0, 0.05) is 6.42 Å². The van der Waals surface area contributed by atoms with Crippen molar-refractivity contribution in [2.75, 3.05) is 0 Å². The first-order chi connectivity index (χ1) is 7.05. The summed E-state index contributed by atoms with van der Waals surface area (Å²) in [6.45, 7) is 13.8. The van der Waals surface area contributed by atoms with Crippen molar-refractivity contribution in [3.05, 3.63) is 0 Å². The van der Waals surface area contributed by atoms with Gasteiger partial charge in [-0.3, -0.25) is 4.79 Å². The lowest BCUT2D eigenvalue weighted by Crippen LogP contribution is -2.32. The topological polar surface area (TPSA) is 43.1 Å². The number of nitrogens with two attached hydrogens (primary N) is 1. The monoisotopic (exact) mass is 227 g/mol. The Bertz CT molecular complexity index is 206. The van der Waals surface area contributed by atoms with E-state index in [1.54, 1.807) is 0 Å². The molecule has 0 radical (unpaired) electrons. The van der Waals surface area contributed by atoms with Crippen molar-refractivity contribution in [3.8, 4) is 0 Å². The molecule has 0 heterocycles. The van der Waals surface area contributed by atoms with E-state index in [1.807, 2.05) is 0 Å². The van der Waals surface area contributed by atoms with Crippen LogP contribution < -0.4 is 5.73 Å². The first-order valence-corrected chi connectivity index (χ1v) is 6.33. The molecule has 0 aromatic carbocycles. The molecule has 0 aliphatic carbocycles. The molecule has 0 aromatic rings. The van der Waals surface area contributed by atoms with Crippen LogP contribution in [-0.4, -0.2) is 5.91 Å². The normalized spacial score (nSPS) is 13.2. The third-order valence-corrected chi connectivity index (χ3v) is 3.26. The number of unbranched alkanes of at least 4 members (excludes halogenated alkanes) is 1. The highest BCUT2D eigenvalue weighted by Crippen LogP contribution is 2.42. The van der Waals surface area contributed by atoms with Crippen LogP contribution >= 0.6 is 0 Å². The Morgan fingerprint density at radius 1 is 1.00 bits per heavy atom. The van der Waals surface area contributed by atoms with Gasteiger partial charge in [-0.2, -0.15) is 0 Å². The maximum Gasteiger partial charge on any atom is 0.217 e. The fraction of sp³-hybridized carbons (Fsp3) is 0.929. The highest BCUT2D eigenvalue weighted by atomic mass is 16.1. The lowest BCUT2D eigenvalue weighted by molar-refractivity contribution is -0.118. The van der Waals surface area contributed by atoms with E-state index in [9.17, 15) is 4.79 Å². The van der Waals surface area contributed by atoms with Crippen molar-refractivity contribution < 1.29 is 4.79 Å². The molecule has 2 nitrogen and oxygen atoms in total. The molecule has 16 heavy (non-hydrogen) atoms. The van der Waals surface area contributed by atoms with E-state index in [2.05, 4.69) is 41.5 Å². The lowest BCUT2D eigenvalue weighted by Gasteiger charge is -2.41. The summed E-state index contributed by atoms with van der Waals surface area (Å²) < 4.78 is 0. The molecule has 0 unspecified atom stereocenters. The molecule has 2 heteroatoms. The zero-order valence-electron chi connectivity index (χ0n) is 11.9. The van der Waals surface area contributed by atoms with Gasteiger partial charge in [-0.1, -0.05) is 48.0 Å². The van der Waals surface area contributed by atoms with Gasteiger partial charge in [-0.15, -0.1) is 0 Å². The summed E-state index contributed by atoms with van der Waals surface area (Å²) in [5, 5.41) is 0. The largest absolute Gasteiger partial charge is 0.370 e. The van der Waals surface area contributed by atoms with E-state index in [-0.39, 0.29) is 5.91 Å². The van der Waals surface area contributed by atoms with E-state index in [0.29, 0.717) is 23.2 Å². The Morgan fingerprint density at radius 3 is 1.75 bits per heavy atom. The van der Waals surface area contributed by atoms with Crippen molar-refractivity contribution in [2.45, 2.75) is 67.2 Å². The lowest BCUT2D eigenvalue weighted by atomic mass is 9.65. The molecule has 0 saturated carbocycles. The number of carbonyl (C=O) groups is 1. The number of rotatable bonds is 5. The Hall–Kier alpha value is -0.530. The van der Waals surface area contributed by atoms with E-state index >= 15 is 0 Å². The Balaban J connectivity index is 4.21. The molecule has 96 valence electrons. The maximum absolute atomic E-state index is 10.7. The quantitative estimate of drug-likeness (QED) is 0.714. The summed E-state index contributed by atoms with van der Waals surface area (Å²) in [6.07, 6.45) is 3.74. The molecule has 0 saturated heterocycles. The number of hydrogen-bond acceptors (Lipinski definition) is 1. The van der Waals surface area contributed by atoms with Crippen LogP contribution in [0.3, 0.4) is 0 Å². The van der Waals surface area contributed by atoms with Crippen molar-refractivity contribution in [3.63, 3.8) is 0 Å². The second-order valence-electron chi connectivity index (χ2n) is 7.00. The molecule has 0 aromatic heterocycles. The molecule has 0 rings (SSSR count). The van der Waals surface area contributed by atoms with Crippen molar-refractivity contribution in [1.82, 2.24) is 0 Å². The van der Waals surface area contributed by atoms with Crippen LogP contribution in [0, 0.1) is 16.7 Å². The standard InChI is InChI=1S/C14H29NO/c1-13(2,3)11(14(4,5)6)9-7-8-10-12(15)16/h11H,7-10H2,1-6H3,(H2,15,16). The summed E-state index contributed by atoms with van der Waals surface area (Å²) in [7, 11) is 0. The van der Waals surface area contributed by atoms with Gasteiger partial charge in [0.05, 0.1) is 0 Å². The van der Waals surface area contributed by atoms with Crippen molar-refractivity contribution >= 4 is 5.91 Å². The maximum atomic E-state index is 10.7. The molecule has 0 aliphatic rings. The van der Waals surface area contributed by atoms with Gasteiger partial charge in [-0.25, -0.2) is 0 Å². The number of carbonyl (C=O) groups excluding carboxylic acids is 1. The van der Waals surface area contributed by atoms with Crippen LogP contribution in [-0.2, 0) is 4.79 Å². The minimum Gasteiger partial charge on any atom is -0.370 e. The van der Waals surface area contributed by atoms with E-state index in [0.717, 1.165) is 12.8 Å². The van der Waals surface area contributed by atoms with Crippen molar-refractivity contribution in [1.29, 1.82) is 0 Å². The Labute approximate surface area is 101 Å². The second kappa shape index (κ2) is 5.70. The Morgan fingerprint density at radius 2 is 1.44 bits per heavy atom. The minimum absolute atomic E-state index is 0.178. The van der Waals surface area contributed by atoms with Crippen LogP contribution in [0.4, 0.5) is 0 Å². The van der Waals surface area contributed by atoms with E-state index in [1.165, 1.54) is 6.42 Å². The summed E-state index contributed by atoms with van der Waals surface area (Å²) >= 11 is 0. The fourth-order valence-electron chi connectivity index (χ4n) is 2.81. The zero-order chi connectivity index (χ0) is 13.0. The average molecular weight is 227 g/mol. The summed E-state index contributed by atoms with van der Waals surface area (Å²) in [6, 6.07) is 0. The summed E-state index contributed by atoms with van der Waals surface area (Å²) in [4.78, 5) is 10.7.